The molecule has 1 aliphatic heterocycles. The Hall–Kier alpha value is -2.34. The first kappa shape index (κ1) is 17.5. The molecule has 2 aromatic rings. The van der Waals surface area contributed by atoms with Gasteiger partial charge in [0, 0.05) is 37.1 Å². The Bertz CT molecular complexity index is 736. The molecule has 1 aromatic heterocycles. The third kappa shape index (κ3) is 4.82. The minimum absolute atomic E-state index is 0.126. The molecule has 2 amide bonds. The van der Waals surface area contributed by atoms with Crippen molar-refractivity contribution in [1.29, 1.82) is 0 Å². The molecule has 0 saturated carbocycles. The van der Waals surface area contributed by atoms with Crippen LogP contribution in [0, 0.1) is 0 Å². The highest BCUT2D eigenvalue weighted by molar-refractivity contribution is 7.99. The topological polar surface area (TPSA) is 62.3 Å². The summed E-state index contributed by atoms with van der Waals surface area (Å²) >= 11 is 1.48. The molecule has 130 valence electrons. The van der Waals surface area contributed by atoms with E-state index >= 15 is 0 Å². The van der Waals surface area contributed by atoms with Gasteiger partial charge < -0.3 is 10.2 Å². The molecule has 0 spiro atoms. The zero-order valence-corrected chi connectivity index (χ0v) is 14.8. The van der Waals surface area contributed by atoms with E-state index in [1.54, 1.807) is 18.3 Å². The first-order valence-corrected chi connectivity index (χ1v) is 9.29. The summed E-state index contributed by atoms with van der Waals surface area (Å²) in [5.74, 6) is 0.0967. The van der Waals surface area contributed by atoms with Gasteiger partial charge in [0.05, 0.1) is 5.56 Å². The lowest BCUT2D eigenvalue weighted by atomic mass is 10.2. The average molecular weight is 355 g/mol. The fourth-order valence-electron chi connectivity index (χ4n) is 2.75. The number of likely N-dealkylation sites (tertiary alicyclic amines) is 1. The maximum atomic E-state index is 12.5. The molecule has 3 rings (SSSR count). The Morgan fingerprint density at radius 1 is 1.20 bits per heavy atom. The van der Waals surface area contributed by atoms with Gasteiger partial charge in [0.25, 0.3) is 5.91 Å². The third-order valence-corrected chi connectivity index (χ3v) is 5.06. The summed E-state index contributed by atoms with van der Waals surface area (Å²) in [6.45, 7) is 2.10. The number of nitrogens with zero attached hydrogens (tertiary/aromatic N) is 2. The molecule has 1 fully saturated rings. The van der Waals surface area contributed by atoms with Gasteiger partial charge in [-0.3, -0.25) is 9.59 Å². The number of carbonyl (C=O) groups excluding carboxylic acids is 2. The lowest BCUT2D eigenvalue weighted by Crippen LogP contribution is -2.30. The van der Waals surface area contributed by atoms with E-state index in [0.717, 1.165) is 24.3 Å². The highest BCUT2D eigenvalue weighted by Gasteiger charge is 2.19. The number of amides is 2. The normalized spacial score (nSPS) is 13.9. The number of nitrogens with one attached hydrogen (secondary N) is 1. The van der Waals surface area contributed by atoms with Crippen LogP contribution in [-0.2, 0) is 4.79 Å². The second-order valence-corrected chi connectivity index (χ2v) is 6.93. The van der Waals surface area contributed by atoms with Gasteiger partial charge in [0.2, 0.25) is 5.91 Å². The van der Waals surface area contributed by atoms with Crippen LogP contribution >= 0.6 is 11.8 Å². The van der Waals surface area contributed by atoms with Crippen molar-refractivity contribution in [2.24, 2.45) is 0 Å². The lowest BCUT2D eigenvalue weighted by Gasteiger charge is -2.15. The van der Waals surface area contributed by atoms with Crippen LogP contribution in [0.1, 0.15) is 29.6 Å². The van der Waals surface area contributed by atoms with E-state index in [9.17, 15) is 9.59 Å². The summed E-state index contributed by atoms with van der Waals surface area (Å²) in [7, 11) is 0. The molecule has 2 heterocycles. The number of pyridine rings is 1. The SMILES string of the molecule is O=C(NCCCN1CCCC1=O)c1cccnc1Sc1ccccc1. The Kier molecular flexibility index (Phi) is 6.06. The second-order valence-electron chi connectivity index (χ2n) is 5.87. The zero-order valence-electron chi connectivity index (χ0n) is 14.0. The molecular formula is C19H21N3O2S. The maximum Gasteiger partial charge on any atom is 0.254 e. The molecule has 0 aliphatic carbocycles. The molecule has 0 unspecified atom stereocenters. The average Bonchev–Trinajstić information content (AvgIpc) is 3.05. The van der Waals surface area contributed by atoms with Crippen molar-refractivity contribution >= 4 is 23.6 Å². The fourth-order valence-corrected chi connectivity index (χ4v) is 3.65. The van der Waals surface area contributed by atoms with Crippen molar-refractivity contribution in [1.82, 2.24) is 15.2 Å². The maximum absolute atomic E-state index is 12.5. The summed E-state index contributed by atoms with van der Waals surface area (Å²) in [6, 6.07) is 13.4. The Labute approximate surface area is 151 Å². The first-order valence-electron chi connectivity index (χ1n) is 8.48. The second kappa shape index (κ2) is 8.67. The van der Waals surface area contributed by atoms with Gasteiger partial charge in [-0.05, 0) is 37.1 Å². The molecule has 6 heteroatoms. The third-order valence-electron chi connectivity index (χ3n) is 4.04. The molecule has 1 N–H and O–H groups in total. The van der Waals surface area contributed by atoms with E-state index in [-0.39, 0.29) is 11.8 Å². The number of hydrogen-bond acceptors (Lipinski definition) is 4. The molecule has 1 aromatic carbocycles. The van der Waals surface area contributed by atoms with E-state index in [1.165, 1.54) is 11.8 Å². The quantitative estimate of drug-likeness (QED) is 0.776. The van der Waals surface area contributed by atoms with Gasteiger partial charge in [-0.15, -0.1) is 0 Å². The smallest absolute Gasteiger partial charge is 0.254 e. The minimum atomic E-state index is -0.126. The number of rotatable bonds is 7. The number of aromatic nitrogens is 1. The van der Waals surface area contributed by atoms with Crippen LogP contribution in [0.15, 0.2) is 58.6 Å². The molecule has 1 saturated heterocycles. The number of hydrogen-bond donors (Lipinski definition) is 1. The molecule has 1 aliphatic rings. The van der Waals surface area contributed by atoms with Gasteiger partial charge in [-0.2, -0.15) is 0 Å². The molecule has 0 bridgehead atoms. The van der Waals surface area contributed by atoms with Crippen molar-refractivity contribution in [3.05, 3.63) is 54.2 Å². The van der Waals surface area contributed by atoms with Crippen LogP contribution in [0.25, 0.3) is 0 Å². The molecule has 5 nitrogen and oxygen atoms in total. The highest BCUT2D eigenvalue weighted by Crippen LogP contribution is 2.28. The van der Waals surface area contributed by atoms with Crippen LogP contribution in [0.2, 0.25) is 0 Å². The van der Waals surface area contributed by atoms with Crippen molar-refractivity contribution in [3.8, 4) is 0 Å². The molecule has 0 atom stereocenters. The number of carbonyl (C=O) groups is 2. The predicted octanol–water partition coefficient (Wildman–Crippen LogP) is 2.98. The first-order chi connectivity index (χ1) is 12.2. The monoisotopic (exact) mass is 355 g/mol. The van der Waals surface area contributed by atoms with Crippen LogP contribution in [0.4, 0.5) is 0 Å². The molecule has 25 heavy (non-hydrogen) atoms. The van der Waals surface area contributed by atoms with Crippen molar-refractivity contribution in [3.63, 3.8) is 0 Å². The predicted molar refractivity (Wildman–Crippen MR) is 97.6 cm³/mol. The van der Waals surface area contributed by atoms with Crippen molar-refractivity contribution < 1.29 is 9.59 Å². The fraction of sp³-hybridized carbons (Fsp3) is 0.316. The van der Waals surface area contributed by atoms with E-state index in [1.807, 2.05) is 35.2 Å². The van der Waals surface area contributed by atoms with E-state index in [4.69, 9.17) is 0 Å². The summed E-state index contributed by atoms with van der Waals surface area (Å²) in [4.78, 5) is 31.3. The van der Waals surface area contributed by atoms with Gasteiger partial charge in [-0.1, -0.05) is 30.0 Å². The summed E-state index contributed by atoms with van der Waals surface area (Å²) in [6.07, 6.45) is 4.06. The van der Waals surface area contributed by atoms with Gasteiger partial charge in [0.1, 0.15) is 5.03 Å². The van der Waals surface area contributed by atoms with Crippen molar-refractivity contribution in [2.45, 2.75) is 29.2 Å². The largest absolute Gasteiger partial charge is 0.352 e. The Morgan fingerprint density at radius 2 is 2.04 bits per heavy atom. The van der Waals surface area contributed by atoms with Crippen LogP contribution < -0.4 is 5.32 Å². The van der Waals surface area contributed by atoms with Crippen LogP contribution in [0.3, 0.4) is 0 Å². The minimum Gasteiger partial charge on any atom is -0.352 e. The summed E-state index contributed by atoms with van der Waals surface area (Å²) in [5, 5.41) is 3.63. The number of benzene rings is 1. The van der Waals surface area contributed by atoms with Gasteiger partial charge in [-0.25, -0.2) is 4.98 Å². The molecular weight excluding hydrogens is 334 g/mol. The van der Waals surface area contributed by atoms with E-state index in [2.05, 4.69) is 10.3 Å². The zero-order chi connectivity index (χ0) is 17.5. The lowest BCUT2D eigenvalue weighted by molar-refractivity contribution is -0.127. The Morgan fingerprint density at radius 3 is 2.80 bits per heavy atom. The standard InChI is InChI=1S/C19H21N3O2S/c23-17-10-5-13-22(17)14-6-12-20-18(24)16-9-4-11-21-19(16)25-15-7-2-1-3-8-15/h1-4,7-9,11H,5-6,10,12-14H2,(H,20,24). The highest BCUT2D eigenvalue weighted by atomic mass is 32.2. The van der Waals surface area contributed by atoms with Crippen LogP contribution in [-0.4, -0.2) is 41.3 Å². The van der Waals surface area contributed by atoms with E-state index in [0.29, 0.717) is 30.1 Å². The Balaban J connectivity index is 1.54. The van der Waals surface area contributed by atoms with E-state index < -0.39 is 0 Å². The summed E-state index contributed by atoms with van der Waals surface area (Å²) < 4.78 is 0. The summed E-state index contributed by atoms with van der Waals surface area (Å²) in [5.41, 5.74) is 0.577. The van der Waals surface area contributed by atoms with Crippen LogP contribution in [0.5, 0.6) is 0 Å². The van der Waals surface area contributed by atoms with Gasteiger partial charge in [0.15, 0.2) is 0 Å². The van der Waals surface area contributed by atoms with Crippen molar-refractivity contribution in [2.75, 3.05) is 19.6 Å². The molecule has 0 radical (unpaired) electrons. The van der Waals surface area contributed by atoms with Gasteiger partial charge >= 0.3 is 0 Å².